The van der Waals surface area contributed by atoms with Gasteiger partial charge in [0.15, 0.2) is 11.2 Å². The van der Waals surface area contributed by atoms with Crippen LogP contribution in [0, 0.1) is 0 Å². The second kappa shape index (κ2) is 8.06. The SMILES string of the molecule is O=C([NH2+]c1cccc(-c2nc3ncccc3o2)c1)c1ccccc1N1CCOCC1. The van der Waals surface area contributed by atoms with Crippen molar-refractivity contribution in [2.45, 2.75) is 0 Å². The fourth-order valence-corrected chi connectivity index (χ4v) is 3.65. The number of hydrogen-bond donors (Lipinski definition) is 1. The molecule has 0 spiro atoms. The number of pyridine rings is 1. The third-order valence-corrected chi connectivity index (χ3v) is 5.12. The lowest BCUT2D eigenvalue weighted by Crippen LogP contribution is -2.82. The van der Waals surface area contributed by atoms with Gasteiger partial charge in [0.05, 0.1) is 18.9 Å². The van der Waals surface area contributed by atoms with E-state index in [9.17, 15) is 4.79 Å². The Morgan fingerprint density at radius 3 is 2.73 bits per heavy atom. The van der Waals surface area contributed by atoms with Crippen molar-refractivity contribution < 1.29 is 19.3 Å². The molecule has 0 bridgehead atoms. The van der Waals surface area contributed by atoms with Crippen LogP contribution in [0.5, 0.6) is 0 Å². The van der Waals surface area contributed by atoms with Gasteiger partial charge in [0.1, 0.15) is 11.3 Å². The average Bonchev–Trinajstić information content (AvgIpc) is 3.24. The molecule has 2 aromatic carbocycles. The molecule has 0 unspecified atom stereocenters. The summed E-state index contributed by atoms with van der Waals surface area (Å²) in [6.07, 6.45) is 1.68. The highest BCUT2D eigenvalue weighted by molar-refractivity contribution is 5.94. The summed E-state index contributed by atoms with van der Waals surface area (Å²) in [4.78, 5) is 24.0. The summed E-state index contributed by atoms with van der Waals surface area (Å²) in [6.45, 7) is 2.92. The number of amides is 1. The maximum atomic E-state index is 13.1. The summed E-state index contributed by atoms with van der Waals surface area (Å²) in [6, 6.07) is 19.0. The monoisotopic (exact) mass is 401 g/mol. The number of fused-ring (bicyclic) bond motifs is 1. The Morgan fingerprint density at radius 2 is 1.87 bits per heavy atom. The number of hydrogen-bond acceptors (Lipinski definition) is 6. The quantitative estimate of drug-likeness (QED) is 0.530. The number of aromatic nitrogens is 2. The Kier molecular flexibility index (Phi) is 4.96. The van der Waals surface area contributed by atoms with Crippen LogP contribution in [0.1, 0.15) is 10.4 Å². The smallest absolute Gasteiger partial charge is 0.349 e. The van der Waals surface area contributed by atoms with Crippen LogP contribution in [0.25, 0.3) is 22.7 Å². The van der Waals surface area contributed by atoms with Gasteiger partial charge >= 0.3 is 5.91 Å². The molecular formula is C23H21N4O3+. The molecule has 1 aliphatic rings. The number of nitrogens with two attached hydrogens (primary N) is 1. The number of quaternary nitrogens is 1. The number of morpholine rings is 1. The molecule has 1 aliphatic heterocycles. The number of anilines is 1. The predicted octanol–water partition coefficient (Wildman–Crippen LogP) is 2.76. The van der Waals surface area contributed by atoms with Gasteiger partial charge in [-0.25, -0.2) is 15.1 Å². The molecule has 3 heterocycles. The van der Waals surface area contributed by atoms with Crippen molar-refractivity contribution in [1.82, 2.24) is 9.97 Å². The highest BCUT2D eigenvalue weighted by Gasteiger charge is 2.21. The average molecular weight is 401 g/mol. The number of carbonyl (C=O) groups is 1. The van der Waals surface area contributed by atoms with Crippen LogP contribution in [0.4, 0.5) is 11.4 Å². The predicted molar refractivity (Wildman–Crippen MR) is 113 cm³/mol. The van der Waals surface area contributed by atoms with Crippen molar-refractivity contribution >= 4 is 28.5 Å². The van der Waals surface area contributed by atoms with E-state index in [1.165, 1.54) is 0 Å². The van der Waals surface area contributed by atoms with Crippen molar-refractivity contribution in [2.24, 2.45) is 0 Å². The molecule has 2 N–H and O–H groups in total. The standard InChI is InChI=1S/C23H20N4O3/c28-22(18-7-1-2-8-19(18)27-11-13-29-14-12-27)25-17-6-3-5-16(15-17)23-26-21-20(30-23)9-4-10-24-21/h1-10,15H,11-14H2,(H,25,28)/p+1. The Bertz CT molecular complexity index is 1160. The zero-order chi connectivity index (χ0) is 20.3. The first kappa shape index (κ1) is 18.5. The second-order valence-corrected chi connectivity index (χ2v) is 7.09. The van der Waals surface area contributed by atoms with E-state index in [-0.39, 0.29) is 5.91 Å². The molecule has 30 heavy (non-hydrogen) atoms. The third kappa shape index (κ3) is 3.68. The molecule has 2 aromatic heterocycles. The van der Waals surface area contributed by atoms with Crippen LogP contribution in [0.3, 0.4) is 0 Å². The molecule has 0 radical (unpaired) electrons. The molecule has 150 valence electrons. The third-order valence-electron chi connectivity index (χ3n) is 5.12. The second-order valence-electron chi connectivity index (χ2n) is 7.09. The molecule has 0 atom stereocenters. The van der Waals surface area contributed by atoms with Crippen LogP contribution < -0.4 is 10.2 Å². The van der Waals surface area contributed by atoms with Gasteiger partial charge in [0.2, 0.25) is 5.89 Å². The molecular weight excluding hydrogens is 380 g/mol. The number of primary amides is 1. The van der Waals surface area contributed by atoms with Gasteiger partial charge in [-0.15, -0.1) is 0 Å². The number of carbonyl (C=O) groups excluding carboxylic acids is 1. The number of ether oxygens (including phenoxy) is 1. The minimum absolute atomic E-state index is 0.0338. The van der Waals surface area contributed by atoms with E-state index in [0.29, 0.717) is 35.9 Å². The van der Waals surface area contributed by atoms with Crippen LogP contribution in [-0.4, -0.2) is 42.2 Å². The Labute approximate surface area is 173 Å². The highest BCUT2D eigenvalue weighted by atomic mass is 16.5. The Balaban J connectivity index is 1.40. The number of oxazole rings is 1. The van der Waals surface area contributed by atoms with Crippen LogP contribution in [0.2, 0.25) is 0 Å². The van der Waals surface area contributed by atoms with E-state index in [1.807, 2.05) is 60.7 Å². The van der Waals surface area contributed by atoms with Gasteiger partial charge in [-0.2, -0.15) is 4.98 Å². The number of nitrogens with zero attached hydrogens (tertiary/aromatic N) is 3. The lowest BCUT2D eigenvalue weighted by atomic mass is 10.1. The number of benzene rings is 2. The van der Waals surface area contributed by atoms with E-state index in [2.05, 4.69) is 14.9 Å². The zero-order valence-corrected chi connectivity index (χ0v) is 16.3. The van der Waals surface area contributed by atoms with Crippen molar-refractivity contribution in [3.8, 4) is 11.5 Å². The van der Waals surface area contributed by atoms with E-state index >= 15 is 0 Å². The Hall–Kier alpha value is -3.55. The molecule has 0 aliphatic carbocycles. The summed E-state index contributed by atoms with van der Waals surface area (Å²) < 4.78 is 11.2. The van der Waals surface area contributed by atoms with Crippen LogP contribution in [0.15, 0.2) is 71.3 Å². The lowest BCUT2D eigenvalue weighted by molar-refractivity contribution is -0.463. The van der Waals surface area contributed by atoms with Gasteiger partial charge in [-0.3, -0.25) is 0 Å². The maximum absolute atomic E-state index is 13.1. The molecule has 4 aromatic rings. The van der Waals surface area contributed by atoms with Gasteiger partial charge in [0.25, 0.3) is 0 Å². The summed E-state index contributed by atoms with van der Waals surface area (Å²) in [7, 11) is 0. The minimum Gasteiger partial charge on any atom is -0.434 e. The van der Waals surface area contributed by atoms with Crippen molar-refractivity contribution in [3.63, 3.8) is 0 Å². The minimum atomic E-state index is -0.0338. The Morgan fingerprint density at radius 1 is 1.00 bits per heavy atom. The molecule has 0 saturated carbocycles. The molecule has 1 amide bonds. The van der Waals surface area contributed by atoms with E-state index in [1.54, 1.807) is 11.5 Å². The van der Waals surface area contributed by atoms with Gasteiger partial charge in [-0.1, -0.05) is 18.2 Å². The summed E-state index contributed by atoms with van der Waals surface area (Å²) >= 11 is 0. The first-order chi connectivity index (χ1) is 14.8. The lowest BCUT2D eigenvalue weighted by Gasteiger charge is -2.29. The number of rotatable bonds is 4. The number of para-hydroxylation sites is 1. The first-order valence-corrected chi connectivity index (χ1v) is 9.91. The van der Waals surface area contributed by atoms with Crippen molar-refractivity contribution in [2.75, 3.05) is 31.2 Å². The topological polar surface area (TPSA) is 85.1 Å². The summed E-state index contributed by atoms with van der Waals surface area (Å²) in [5, 5.41) is 1.66. The zero-order valence-electron chi connectivity index (χ0n) is 16.3. The normalized spacial score (nSPS) is 14.2. The van der Waals surface area contributed by atoms with Gasteiger partial charge in [-0.05, 0) is 36.4 Å². The molecule has 1 saturated heterocycles. The van der Waals surface area contributed by atoms with E-state index in [4.69, 9.17) is 9.15 Å². The van der Waals surface area contributed by atoms with Crippen molar-refractivity contribution in [1.29, 1.82) is 0 Å². The van der Waals surface area contributed by atoms with Crippen LogP contribution in [-0.2, 0) is 4.74 Å². The highest BCUT2D eigenvalue weighted by Crippen LogP contribution is 2.25. The fraction of sp³-hybridized carbons (Fsp3) is 0.174. The molecule has 7 heteroatoms. The van der Waals surface area contributed by atoms with Gasteiger partial charge in [0, 0.05) is 30.9 Å². The maximum Gasteiger partial charge on any atom is 0.349 e. The van der Waals surface area contributed by atoms with Gasteiger partial charge < -0.3 is 14.1 Å². The largest absolute Gasteiger partial charge is 0.434 e. The fourth-order valence-electron chi connectivity index (χ4n) is 3.65. The van der Waals surface area contributed by atoms with E-state index < -0.39 is 0 Å². The summed E-state index contributed by atoms with van der Waals surface area (Å²) in [5.74, 6) is 0.452. The van der Waals surface area contributed by atoms with Crippen molar-refractivity contribution in [3.05, 3.63) is 72.4 Å². The first-order valence-electron chi connectivity index (χ1n) is 9.91. The molecule has 7 nitrogen and oxygen atoms in total. The molecule has 5 rings (SSSR count). The van der Waals surface area contributed by atoms with E-state index in [0.717, 1.165) is 30.0 Å². The van der Waals surface area contributed by atoms with Crippen LogP contribution >= 0.6 is 0 Å². The summed E-state index contributed by atoms with van der Waals surface area (Å²) in [5.41, 5.74) is 4.44. The molecule has 1 fully saturated rings.